The minimum Gasteiger partial charge on any atom is -0.504 e. The summed E-state index contributed by atoms with van der Waals surface area (Å²) in [6, 6.07) is 2.95. The number of hydrogen-bond acceptors (Lipinski definition) is 5. The van der Waals surface area contributed by atoms with Gasteiger partial charge in [0.2, 0.25) is 0 Å². The number of carbonyl (C=O) groups excluding carboxylic acids is 1. The normalized spacial score (nSPS) is 10.0. The molecule has 1 rings (SSSR count). The fraction of sp³-hybridized carbons (Fsp3) is 0.300. The number of nitrogens with two attached hydrogens (primary N) is 1. The van der Waals surface area contributed by atoms with E-state index in [2.05, 4.69) is 4.84 Å². The van der Waals surface area contributed by atoms with E-state index in [1.165, 1.54) is 19.2 Å². The van der Waals surface area contributed by atoms with Crippen molar-refractivity contribution in [2.45, 2.75) is 6.42 Å². The van der Waals surface area contributed by atoms with Crippen LogP contribution in [0.25, 0.3) is 0 Å². The molecule has 0 aliphatic rings. The predicted octanol–water partition coefficient (Wildman–Crippen LogP) is 0.646. The highest BCUT2D eigenvalue weighted by Crippen LogP contribution is 2.28. The molecule has 0 unspecified atom stereocenters. The lowest BCUT2D eigenvalue weighted by Gasteiger charge is -2.08. The Morgan fingerprint density at radius 2 is 2.27 bits per heavy atom. The molecule has 0 bridgehead atoms. The Morgan fingerprint density at radius 3 is 2.80 bits per heavy atom. The number of aldehydes is 1. The molecular weight excluding hydrogens is 198 g/mol. The van der Waals surface area contributed by atoms with Crippen LogP contribution in [0, 0.1) is 0 Å². The van der Waals surface area contributed by atoms with Crippen molar-refractivity contribution in [1.82, 2.24) is 0 Å². The van der Waals surface area contributed by atoms with E-state index >= 15 is 0 Å². The third-order valence-electron chi connectivity index (χ3n) is 2.06. The second-order valence-electron chi connectivity index (χ2n) is 2.96. The van der Waals surface area contributed by atoms with Gasteiger partial charge in [-0.3, -0.25) is 4.79 Å². The van der Waals surface area contributed by atoms with E-state index < -0.39 is 0 Å². The van der Waals surface area contributed by atoms with Gasteiger partial charge >= 0.3 is 0 Å². The van der Waals surface area contributed by atoms with Crippen LogP contribution in [0.2, 0.25) is 0 Å². The number of aromatic hydroxyl groups is 1. The summed E-state index contributed by atoms with van der Waals surface area (Å²) in [6.07, 6.45) is 1.16. The summed E-state index contributed by atoms with van der Waals surface area (Å²) in [4.78, 5) is 15.2. The van der Waals surface area contributed by atoms with Crippen LogP contribution in [-0.4, -0.2) is 25.1 Å². The van der Waals surface area contributed by atoms with Crippen molar-refractivity contribution in [2.24, 2.45) is 5.90 Å². The first-order valence-electron chi connectivity index (χ1n) is 4.39. The maximum absolute atomic E-state index is 10.8. The Bertz CT molecular complexity index is 352. The summed E-state index contributed by atoms with van der Waals surface area (Å²) < 4.78 is 4.88. The lowest BCUT2D eigenvalue weighted by Crippen LogP contribution is -2.05. The van der Waals surface area contributed by atoms with Crippen LogP contribution in [0.15, 0.2) is 12.1 Å². The Hall–Kier alpha value is -1.59. The lowest BCUT2D eigenvalue weighted by atomic mass is 10.0. The molecule has 0 aromatic heterocycles. The van der Waals surface area contributed by atoms with Crippen LogP contribution in [0.5, 0.6) is 11.5 Å². The first-order valence-corrected chi connectivity index (χ1v) is 4.39. The molecule has 0 saturated heterocycles. The molecule has 1 aromatic rings. The van der Waals surface area contributed by atoms with Crippen LogP contribution in [0.3, 0.4) is 0 Å². The van der Waals surface area contributed by atoms with E-state index in [9.17, 15) is 9.90 Å². The number of rotatable bonds is 5. The standard InChI is InChI=1S/C10H13NO4/c1-14-10-5-8(6-12)7(2-3-15-11)4-9(10)13/h4-6,13H,2-3,11H2,1H3. The molecule has 0 heterocycles. The van der Waals surface area contributed by atoms with Crippen molar-refractivity contribution in [2.75, 3.05) is 13.7 Å². The molecule has 5 heteroatoms. The summed E-state index contributed by atoms with van der Waals surface area (Å²) >= 11 is 0. The van der Waals surface area contributed by atoms with Crippen molar-refractivity contribution < 1.29 is 19.5 Å². The van der Waals surface area contributed by atoms with Gasteiger partial charge in [0.1, 0.15) is 6.29 Å². The number of carbonyl (C=O) groups is 1. The molecule has 3 N–H and O–H groups in total. The molecule has 0 aliphatic carbocycles. The molecule has 0 spiro atoms. The quantitative estimate of drug-likeness (QED) is 0.552. The van der Waals surface area contributed by atoms with Gasteiger partial charge in [-0.1, -0.05) is 0 Å². The summed E-state index contributed by atoms with van der Waals surface area (Å²) in [5.41, 5.74) is 1.13. The van der Waals surface area contributed by atoms with Crippen molar-refractivity contribution in [1.29, 1.82) is 0 Å². The van der Waals surface area contributed by atoms with Crippen molar-refractivity contribution >= 4 is 6.29 Å². The van der Waals surface area contributed by atoms with Crippen LogP contribution in [-0.2, 0) is 11.3 Å². The first-order chi connectivity index (χ1) is 7.22. The first kappa shape index (κ1) is 11.5. The van der Waals surface area contributed by atoms with E-state index in [0.29, 0.717) is 23.8 Å². The predicted molar refractivity (Wildman–Crippen MR) is 53.9 cm³/mol. The Kier molecular flexibility index (Phi) is 4.08. The van der Waals surface area contributed by atoms with Gasteiger partial charge in [0.15, 0.2) is 11.5 Å². The highest BCUT2D eigenvalue weighted by Gasteiger charge is 2.08. The van der Waals surface area contributed by atoms with Crippen molar-refractivity contribution in [3.8, 4) is 11.5 Å². The molecule has 0 saturated carbocycles. The van der Waals surface area contributed by atoms with Crippen molar-refractivity contribution in [3.05, 3.63) is 23.3 Å². The number of methoxy groups -OCH3 is 1. The Morgan fingerprint density at radius 1 is 1.53 bits per heavy atom. The monoisotopic (exact) mass is 211 g/mol. The zero-order chi connectivity index (χ0) is 11.3. The molecule has 1 aromatic carbocycles. The summed E-state index contributed by atoms with van der Waals surface area (Å²) in [7, 11) is 1.42. The number of benzene rings is 1. The van der Waals surface area contributed by atoms with Gasteiger partial charge in [-0.2, -0.15) is 0 Å². The zero-order valence-electron chi connectivity index (χ0n) is 8.40. The van der Waals surface area contributed by atoms with Gasteiger partial charge in [-0.05, 0) is 24.1 Å². The number of ether oxygens (including phenoxy) is 1. The maximum atomic E-state index is 10.8. The molecule has 5 nitrogen and oxygen atoms in total. The smallest absolute Gasteiger partial charge is 0.161 e. The minimum absolute atomic E-state index is 0.00452. The highest BCUT2D eigenvalue weighted by molar-refractivity contribution is 5.79. The van der Waals surface area contributed by atoms with E-state index in [0.717, 1.165) is 0 Å². The number of phenolic OH excluding ortho intramolecular Hbond substituents is 1. The molecule has 0 amide bonds. The molecule has 0 fully saturated rings. The molecule has 0 aliphatic heterocycles. The van der Waals surface area contributed by atoms with Gasteiger partial charge in [0, 0.05) is 5.56 Å². The van der Waals surface area contributed by atoms with Crippen LogP contribution in [0.4, 0.5) is 0 Å². The van der Waals surface area contributed by atoms with Crippen LogP contribution < -0.4 is 10.6 Å². The average molecular weight is 211 g/mol. The fourth-order valence-corrected chi connectivity index (χ4v) is 1.29. The van der Waals surface area contributed by atoms with Gasteiger partial charge in [-0.15, -0.1) is 0 Å². The summed E-state index contributed by atoms with van der Waals surface area (Å²) in [5.74, 6) is 5.15. The van der Waals surface area contributed by atoms with Gasteiger partial charge in [0.25, 0.3) is 0 Å². The third kappa shape index (κ3) is 2.68. The SMILES string of the molecule is COc1cc(C=O)c(CCON)cc1O. The van der Waals surface area contributed by atoms with Crippen LogP contribution in [0.1, 0.15) is 15.9 Å². The van der Waals surface area contributed by atoms with E-state index in [1.807, 2.05) is 0 Å². The van der Waals surface area contributed by atoms with E-state index in [4.69, 9.17) is 10.6 Å². The van der Waals surface area contributed by atoms with Crippen LogP contribution >= 0.6 is 0 Å². The summed E-state index contributed by atoms with van der Waals surface area (Å²) in [5, 5.41) is 9.50. The topological polar surface area (TPSA) is 81.8 Å². The fourth-order valence-electron chi connectivity index (χ4n) is 1.29. The molecule has 82 valence electrons. The second kappa shape index (κ2) is 5.33. The Labute approximate surface area is 87.4 Å². The maximum Gasteiger partial charge on any atom is 0.161 e. The van der Waals surface area contributed by atoms with E-state index in [1.54, 1.807) is 0 Å². The molecular formula is C10H13NO4. The van der Waals surface area contributed by atoms with Gasteiger partial charge < -0.3 is 14.7 Å². The van der Waals surface area contributed by atoms with Gasteiger partial charge in [0.05, 0.1) is 13.7 Å². The number of phenols is 1. The highest BCUT2D eigenvalue weighted by atomic mass is 16.6. The summed E-state index contributed by atoms with van der Waals surface area (Å²) in [6.45, 7) is 0.284. The molecule has 15 heavy (non-hydrogen) atoms. The largest absolute Gasteiger partial charge is 0.504 e. The van der Waals surface area contributed by atoms with E-state index in [-0.39, 0.29) is 18.1 Å². The van der Waals surface area contributed by atoms with Gasteiger partial charge in [-0.25, -0.2) is 5.90 Å². The number of hydrogen-bond donors (Lipinski definition) is 2. The Balaban J connectivity index is 3.03. The van der Waals surface area contributed by atoms with Crippen molar-refractivity contribution in [3.63, 3.8) is 0 Å². The minimum atomic E-state index is -0.00452. The second-order valence-corrected chi connectivity index (χ2v) is 2.96. The third-order valence-corrected chi connectivity index (χ3v) is 2.06. The lowest BCUT2D eigenvalue weighted by molar-refractivity contribution is 0.112. The molecule has 0 atom stereocenters. The average Bonchev–Trinajstić information content (AvgIpc) is 2.26. The molecule has 0 radical (unpaired) electrons. The zero-order valence-corrected chi connectivity index (χ0v) is 8.40.